The Hall–Kier alpha value is -10.9. The number of halogens is 5. The number of carboxylic acid groups (broad SMARTS) is 1. The first kappa shape index (κ1) is 86.0. The van der Waals surface area contributed by atoms with Crippen molar-refractivity contribution in [3.05, 3.63) is 321 Å². The van der Waals surface area contributed by atoms with Gasteiger partial charge in [0.05, 0.1) is 19.1 Å². The largest absolute Gasteiger partial charge is 0.573 e. The number of ether oxygens (including phenoxy) is 3. The Bertz CT molecular complexity index is 4620. The van der Waals surface area contributed by atoms with Gasteiger partial charge in [-0.25, -0.2) is 13.6 Å². The molecular weight excluding hydrogens is 1390 g/mol. The Kier molecular flexibility index (Phi) is 35.8. The van der Waals surface area contributed by atoms with Gasteiger partial charge in [-0.2, -0.15) is 0 Å². The van der Waals surface area contributed by atoms with Gasteiger partial charge in [0.1, 0.15) is 23.7 Å². The van der Waals surface area contributed by atoms with Gasteiger partial charge in [0, 0.05) is 10.4 Å². The van der Waals surface area contributed by atoms with Crippen LogP contribution in [0.4, 0.5) is 22.0 Å². The first-order chi connectivity index (χ1) is 51.9. The molecule has 0 saturated carbocycles. The second kappa shape index (κ2) is 44.9. The van der Waals surface area contributed by atoms with Gasteiger partial charge in [0.25, 0.3) is 0 Å². The highest BCUT2D eigenvalue weighted by Crippen LogP contribution is 2.31. The monoisotopic (exact) mass is 1480 g/mol. The van der Waals surface area contributed by atoms with Crippen LogP contribution in [0.25, 0.3) is 56.0 Å². The van der Waals surface area contributed by atoms with Crippen molar-refractivity contribution in [2.24, 2.45) is 0 Å². The van der Waals surface area contributed by atoms with Gasteiger partial charge >= 0.3 is 18.3 Å². The van der Waals surface area contributed by atoms with Crippen molar-refractivity contribution < 1.29 is 60.4 Å². The summed E-state index contributed by atoms with van der Waals surface area (Å²) in [5, 5.41) is 11.4. The second-order valence-corrected chi connectivity index (χ2v) is 26.2. The zero-order valence-corrected chi connectivity index (χ0v) is 64.1. The minimum atomic E-state index is -4.65. The maximum Gasteiger partial charge on any atom is 0.573 e. The van der Waals surface area contributed by atoms with Crippen molar-refractivity contribution in [1.82, 2.24) is 10.2 Å². The number of ketones is 2. The van der Waals surface area contributed by atoms with E-state index in [2.05, 4.69) is 134 Å². The molecule has 1 fully saturated rings. The van der Waals surface area contributed by atoms with E-state index in [-0.39, 0.29) is 52.8 Å². The molecule has 2 heterocycles. The number of nitrogens with zero attached hydrogens (tertiary/aromatic N) is 1. The molecule has 11 aromatic rings. The smallest absolute Gasteiger partial charge is 0.494 e. The number of likely N-dealkylation sites (N-methyl/N-ethyl adjacent to an activating group) is 2. The van der Waals surface area contributed by atoms with E-state index in [0.29, 0.717) is 0 Å². The van der Waals surface area contributed by atoms with Crippen LogP contribution in [0.5, 0.6) is 11.5 Å². The summed E-state index contributed by atoms with van der Waals surface area (Å²) in [4.78, 5) is 47.9. The molecule has 0 aliphatic carbocycles. The molecule has 1 aliphatic rings. The lowest BCUT2D eigenvalue weighted by molar-refractivity contribution is -0.274. The number of rotatable bonds is 19. The second-order valence-electron chi connectivity index (χ2n) is 25.1. The number of hydrogen-bond donors (Lipinski definition) is 2. The van der Waals surface area contributed by atoms with Crippen LogP contribution in [0.2, 0.25) is 0 Å². The number of aryl methyl sites for hydroxylation is 5. The van der Waals surface area contributed by atoms with Crippen molar-refractivity contribution in [2.45, 2.75) is 112 Å². The molecular formula is C92H97F5N2O8S. The van der Waals surface area contributed by atoms with E-state index in [1.807, 2.05) is 133 Å². The maximum absolute atomic E-state index is 13.6. The van der Waals surface area contributed by atoms with Crippen molar-refractivity contribution in [3.8, 4) is 55.3 Å². The number of carbonyl (C=O) groups excluding carboxylic acids is 3. The predicted molar refractivity (Wildman–Crippen MR) is 431 cm³/mol. The quantitative estimate of drug-likeness (QED) is 0.0349. The van der Waals surface area contributed by atoms with Crippen LogP contribution >= 0.6 is 11.3 Å². The summed E-state index contributed by atoms with van der Waals surface area (Å²) < 4.78 is 75.8. The molecule has 16 heteroatoms. The molecule has 564 valence electrons. The Morgan fingerprint density at radius 3 is 1.42 bits per heavy atom. The van der Waals surface area contributed by atoms with Gasteiger partial charge in [0.2, 0.25) is 0 Å². The summed E-state index contributed by atoms with van der Waals surface area (Å²) >= 11 is 1.56. The maximum atomic E-state index is 13.6. The van der Waals surface area contributed by atoms with Crippen LogP contribution in [-0.4, -0.2) is 80.8 Å². The number of nitrogens with one attached hydrogen (secondary N) is 1. The van der Waals surface area contributed by atoms with E-state index in [4.69, 9.17) is 9.84 Å². The molecule has 0 amide bonds. The van der Waals surface area contributed by atoms with Crippen molar-refractivity contribution >= 4 is 47.0 Å². The topological polar surface area (TPSA) is 131 Å². The van der Waals surface area contributed by atoms with Crippen LogP contribution in [0.1, 0.15) is 132 Å². The predicted octanol–water partition coefficient (Wildman–Crippen LogP) is 23.0. The van der Waals surface area contributed by atoms with Gasteiger partial charge < -0.3 is 24.6 Å². The van der Waals surface area contributed by atoms with E-state index < -0.39 is 12.3 Å². The Labute approximate surface area is 637 Å². The number of hydrogen-bond acceptors (Lipinski definition) is 10. The molecule has 1 aliphatic heterocycles. The molecule has 2 N–H and O–H groups in total. The number of carbonyl (C=O) groups is 4. The summed E-state index contributed by atoms with van der Waals surface area (Å²) in [7, 11) is 6.44. The summed E-state index contributed by atoms with van der Waals surface area (Å²) in [6.07, 6.45) is 6.25. The molecule has 2 atom stereocenters. The molecule has 0 spiro atoms. The molecule has 12 rings (SSSR count). The van der Waals surface area contributed by atoms with E-state index in [9.17, 15) is 41.1 Å². The summed E-state index contributed by atoms with van der Waals surface area (Å²) in [5.41, 5.74) is 17.6. The van der Waals surface area contributed by atoms with Gasteiger partial charge in [0.15, 0.2) is 23.1 Å². The zero-order valence-electron chi connectivity index (χ0n) is 63.3. The fraction of sp³-hybridized carbons (Fsp3) is 0.239. The van der Waals surface area contributed by atoms with Crippen molar-refractivity contribution in [2.75, 3.05) is 34.9 Å². The number of methoxy groups -OCH3 is 2. The van der Waals surface area contributed by atoms with Crippen LogP contribution in [0, 0.1) is 11.6 Å². The number of alkyl halides is 3. The summed E-state index contributed by atoms with van der Waals surface area (Å²) in [6, 6.07) is 79.5. The minimum Gasteiger partial charge on any atom is -0.494 e. The zero-order chi connectivity index (χ0) is 78.5. The third kappa shape index (κ3) is 28.8. The lowest BCUT2D eigenvalue weighted by Gasteiger charge is -2.13. The highest BCUT2D eigenvalue weighted by atomic mass is 32.1. The molecule has 10 nitrogen and oxygen atoms in total. The van der Waals surface area contributed by atoms with Crippen LogP contribution in [0.15, 0.2) is 255 Å². The van der Waals surface area contributed by atoms with Gasteiger partial charge in [-0.15, -0.1) is 24.5 Å². The number of esters is 1. The minimum absolute atomic E-state index is 0.110. The first-order valence-electron chi connectivity index (χ1n) is 36.0. The van der Waals surface area contributed by atoms with Crippen LogP contribution in [0.3, 0.4) is 0 Å². The molecule has 10 aromatic carbocycles. The number of benzene rings is 10. The van der Waals surface area contributed by atoms with Gasteiger partial charge in [-0.1, -0.05) is 253 Å². The number of likely N-dealkylation sites (tertiary alicyclic amines) is 1. The van der Waals surface area contributed by atoms with Crippen molar-refractivity contribution in [1.29, 1.82) is 0 Å². The highest BCUT2D eigenvalue weighted by Gasteiger charge is 2.31. The Morgan fingerprint density at radius 2 is 0.991 bits per heavy atom. The summed E-state index contributed by atoms with van der Waals surface area (Å²) in [5.74, 6) is -1.16. The van der Waals surface area contributed by atoms with Gasteiger partial charge in [-0.3, -0.25) is 19.3 Å². The van der Waals surface area contributed by atoms with E-state index in [1.165, 1.54) is 93.9 Å². The molecule has 1 aromatic heterocycles. The standard InChI is InChI=1S/C16H15F.C16H16O.C15H13F3O.C15H15FO.C14H14OS.C10H13NO2.C6H11NO2/c1-2-13-4-3-5-15(12-13)7-6-14-8-10-16(17)11-9-14;1-3-13-5-4-6-16(11-13)15-9-7-14(8-10-15)12(2)17;1-2-11-4-3-5-13(10-11)12-6-8-14(9-7-12)19-15(16,17)18;1-3-11-5-4-6-12(9-11)13-7-8-15(17-2)14(16)10-13;1-3-11-5-4-6-12(9-11)14-8-7-13(16-14)10(2)15;1-11-9(10(12)13-2)8-6-4-3-5-7-8;1-7-4-2-3-5(7)6(8)9/h3-12H,2H2,1H3;4-11H,3H2,1-2H3;3-10H,2H2,1H3;4-10H,3H2,1-2H3;4-9H,3H2,1-2H3;3-7,9,11H,1-2H3;5H,2-4H2,1H3,(H,8,9)/b7-6+;;;;;;/t;;;;;9-;5-/m.....00/s1. The van der Waals surface area contributed by atoms with E-state index in [0.717, 1.165) is 101 Å². The van der Waals surface area contributed by atoms with Gasteiger partial charge in [-0.05, 0) is 211 Å². The highest BCUT2D eigenvalue weighted by molar-refractivity contribution is 7.17. The normalized spacial score (nSPS) is 12.4. The molecule has 1 saturated heterocycles. The summed E-state index contributed by atoms with van der Waals surface area (Å²) in [6.45, 7) is 14.7. The Morgan fingerprint density at radius 1 is 0.528 bits per heavy atom. The molecule has 0 radical (unpaired) electrons. The van der Waals surface area contributed by atoms with Crippen LogP contribution < -0.4 is 14.8 Å². The van der Waals surface area contributed by atoms with E-state index >= 15 is 0 Å². The fourth-order valence-corrected chi connectivity index (χ4v) is 12.1. The van der Waals surface area contributed by atoms with Crippen LogP contribution in [-0.2, 0) is 46.4 Å². The lowest BCUT2D eigenvalue weighted by atomic mass is 10.0. The average Bonchev–Trinajstić information content (AvgIpc) is 1.41. The number of carboxylic acids is 1. The SMILES string of the molecule is CCc1cccc(-c2ccc(C(C)=O)cc2)c1.CCc1cccc(-c2ccc(C(C)=O)s2)c1.CCc1cccc(-c2ccc(OC(F)(F)F)cc2)c1.CCc1cccc(-c2ccc(OC)c(F)c2)c1.CCc1cccc(/C=C/c2ccc(F)cc2)c1.CN1CCC[C@H]1C(=O)O.CN[C@H](C(=O)OC)c1ccccc1. The third-order valence-electron chi connectivity index (χ3n) is 17.5. The number of aliphatic carboxylic acids is 1. The van der Waals surface area contributed by atoms with Crippen molar-refractivity contribution in [3.63, 3.8) is 0 Å². The lowest BCUT2D eigenvalue weighted by Crippen LogP contribution is -2.32. The number of Topliss-reactive ketones (excluding diaryl/α,β-unsaturated/α-hetero) is 2. The average molecular weight is 1490 g/mol. The third-order valence-corrected chi connectivity index (χ3v) is 18.7. The van der Waals surface area contributed by atoms with E-state index in [1.54, 1.807) is 62.6 Å². The first-order valence-corrected chi connectivity index (χ1v) is 36.8. The fourth-order valence-electron chi connectivity index (χ4n) is 11.2. The molecule has 108 heavy (non-hydrogen) atoms. The molecule has 0 bridgehead atoms. The number of thiophene rings is 1. The Balaban J connectivity index is 0.000000199. The molecule has 0 unspecified atom stereocenters.